The maximum Gasteiger partial charge on any atom is 0.303 e. The fraction of sp³-hybridized carbons (Fsp3) is 0.857. The number of hydrogen-bond acceptors (Lipinski definition) is 4. The van der Waals surface area contributed by atoms with Gasteiger partial charge in [-0.15, -0.1) is 0 Å². The molecule has 0 aromatic carbocycles. The molecule has 0 aromatic heterocycles. The van der Waals surface area contributed by atoms with E-state index < -0.39 is 5.97 Å². The number of carboxylic acid groups (broad SMARTS) is 1. The van der Waals surface area contributed by atoms with Crippen LogP contribution in [0.3, 0.4) is 0 Å². The zero-order valence-electron chi connectivity index (χ0n) is 6.86. The van der Waals surface area contributed by atoms with E-state index in [9.17, 15) is 4.79 Å². The van der Waals surface area contributed by atoms with Gasteiger partial charge in [0.1, 0.15) is 0 Å². The summed E-state index contributed by atoms with van der Waals surface area (Å²) >= 11 is 0. The molecule has 5 heteroatoms. The van der Waals surface area contributed by atoms with E-state index in [2.05, 4.69) is 9.93 Å². The SMILES string of the molecule is O=C(O)CCCCCCOOO. The number of carboxylic acids is 1. The van der Waals surface area contributed by atoms with E-state index in [1.165, 1.54) is 0 Å². The van der Waals surface area contributed by atoms with Crippen molar-refractivity contribution in [1.29, 1.82) is 0 Å². The molecule has 0 saturated carbocycles. The van der Waals surface area contributed by atoms with Gasteiger partial charge < -0.3 is 5.11 Å². The largest absolute Gasteiger partial charge is 0.481 e. The molecular weight excluding hydrogens is 164 g/mol. The van der Waals surface area contributed by atoms with Gasteiger partial charge in [0.25, 0.3) is 0 Å². The number of unbranched alkanes of at least 4 members (excludes halogenated alkanes) is 3. The van der Waals surface area contributed by atoms with Gasteiger partial charge in [0.15, 0.2) is 0 Å². The average Bonchev–Trinajstić information content (AvgIpc) is 2.02. The Morgan fingerprint density at radius 2 is 1.83 bits per heavy atom. The van der Waals surface area contributed by atoms with Gasteiger partial charge in [-0.3, -0.25) is 4.79 Å². The fourth-order valence-corrected chi connectivity index (χ4v) is 0.828. The molecule has 0 rings (SSSR count). The van der Waals surface area contributed by atoms with Crippen LogP contribution >= 0.6 is 0 Å². The molecule has 5 nitrogen and oxygen atoms in total. The predicted molar refractivity (Wildman–Crippen MR) is 40.4 cm³/mol. The zero-order valence-corrected chi connectivity index (χ0v) is 6.86. The summed E-state index contributed by atoms with van der Waals surface area (Å²) in [6.45, 7) is 0.337. The third-order valence-electron chi connectivity index (χ3n) is 1.42. The van der Waals surface area contributed by atoms with E-state index in [1.54, 1.807) is 0 Å². The molecule has 0 atom stereocenters. The summed E-state index contributed by atoms with van der Waals surface area (Å²) in [6.07, 6.45) is 3.42. The lowest BCUT2D eigenvalue weighted by molar-refractivity contribution is -0.490. The molecule has 0 unspecified atom stereocenters. The van der Waals surface area contributed by atoms with Crippen LogP contribution in [-0.2, 0) is 14.7 Å². The highest BCUT2D eigenvalue weighted by Gasteiger charge is 1.96. The Labute approximate surface area is 70.8 Å². The molecule has 0 saturated heterocycles. The van der Waals surface area contributed by atoms with Crippen molar-refractivity contribution in [3.8, 4) is 0 Å². The molecule has 0 aliphatic rings. The molecule has 0 bridgehead atoms. The molecule has 2 N–H and O–H groups in total. The molecule has 0 aromatic rings. The Morgan fingerprint density at radius 3 is 2.42 bits per heavy atom. The Kier molecular flexibility index (Phi) is 7.99. The van der Waals surface area contributed by atoms with Gasteiger partial charge in [0.05, 0.1) is 6.61 Å². The molecule has 0 aliphatic carbocycles. The summed E-state index contributed by atoms with van der Waals surface area (Å²) in [7, 11) is 0. The second-order valence-corrected chi connectivity index (χ2v) is 2.45. The number of hydrogen-bond donors (Lipinski definition) is 2. The Bertz CT molecular complexity index is 114. The Hall–Kier alpha value is -0.650. The van der Waals surface area contributed by atoms with Crippen LogP contribution in [0.1, 0.15) is 32.1 Å². The third-order valence-corrected chi connectivity index (χ3v) is 1.42. The minimum atomic E-state index is -0.759. The van der Waals surface area contributed by atoms with E-state index in [0.717, 1.165) is 19.3 Å². The van der Waals surface area contributed by atoms with Crippen LogP contribution < -0.4 is 0 Å². The van der Waals surface area contributed by atoms with Gasteiger partial charge >= 0.3 is 5.97 Å². The van der Waals surface area contributed by atoms with Crippen molar-refractivity contribution >= 4 is 5.97 Å². The zero-order chi connectivity index (χ0) is 9.23. The van der Waals surface area contributed by atoms with Gasteiger partial charge in [-0.2, -0.15) is 0 Å². The van der Waals surface area contributed by atoms with Crippen molar-refractivity contribution in [3.63, 3.8) is 0 Å². The van der Waals surface area contributed by atoms with E-state index in [4.69, 9.17) is 10.4 Å². The van der Waals surface area contributed by atoms with Crippen molar-refractivity contribution in [2.75, 3.05) is 6.61 Å². The highest BCUT2D eigenvalue weighted by Crippen LogP contribution is 2.02. The van der Waals surface area contributed by atoms with Crippen molar-refractivity contribution in [2.45, 2.75) is 32.1 Å². The molecular formula is C7H14O5. The molecule has 0 fully saturated rings. The Balaban J connectivity index is 2.86. The van der Waals surface area contributed by atoms with Crippen LogP contribution in [0.5, 0.6) is 0 Å². The van der Waals surface area contributed by atoms with Crippen LogP contribution in [0.15, 0.2) is 0 Å². The first-order valence-electron chi connectivity index (χ1n) is 3.92. The smallest absolute Gasteiger partial charge is 0.303 e. The molecule has 12 heavy (non-hydrogen) atoms. The van der Waals surface area contributed by atoms with Crippen LogP contribution in [-0.4, -0.2) is 22.9 Å². The quantitative estimate of drug-likeness (QED) is 0.334. The van der Waals surface area contributed by atoms with Gasteiger partial charge in [-0.1, -0.05) is 17.9 Å². The van der Waals surface area contributed by atoms with E-state index in [1.807, 2.05) is 0 Å². The second kappa shape index (κ2) is 8.45. The minimum Gasteiger partial charge on any atom is -0.481 e. The minimum absolute atomic E-state index is 0.220. The summed E-state index contributed by atoms with van der Waals surface area (Å²) in [5, 5.41) is 19.4. The van der Waals surface area contributed by atoms with Gasteiger partial charge in [0, 0.05) is 6.42 Å². The number of carbonyl (C=O) groups is 1. The second-order valence-electron chi connectivity index (χ2n) is 2.45. The highest BCUT2D eigenvalue weighted by atomic mass is 17.5. The maximum absolute atomic E-state index is 10.1. The first-order chi connectivity index (χ1) is 5.77. The van der Waals surface area contributed by atoms with Crippen molar-refractivity contribution in [1.82, 2.24) is 0 Å². The van der Waals surface area contributed by atoms with Gasteiger partial charge in [-0.25, -0.2) is 10.1 Å². The standard InChI is InChI=1S/C7H14O5/c8-7(9)5-3-1-2-4-6-11-12-10/h10H,1-6H2,(H,8,9). The lowest BCUT2D eigenvalue weighted by atomic mass is 10.1. The number of aliphatic carboxylic acids is 1. The van der Waals surface area contributed by atoms with E-state index in [0.29, 0.717) is 13.0 Å². The monoisotopic (exact) mass is 178 g/mol. The summed E-state index contributed by atoms with van der Waals surface area (Å²) < 4.78 is 0. The van der Waals surface area contributed by atoms with E-state index in [-0.39, 0.29) is 6.42 Å². The van der Waals surface area contributed by atoms with Crippen molar-refractivity contribution in [3.05, 3.63) is 0 Å². The Morgan fingerprint density at radius 1 is 1.17 bits per heavy atom. The molecule has 0 heterocycles. The summed E-state index contributed by atoms with van der Waals surface area (Å²) in [6, 6.07) is 0. The fourth-order valence-electron chi connectivity index (χ4n) is 0.828. The van der Waals surface area contributed by atoms with E-state index >= 15 is 0 Å². The van der Waals surface area contributed by atoms with Crippen LogP contribution in [0.4, 0.5) is 0 Å². The van der Waals surface area contributed by atoms with Gasteiger partial charge in [-0.05, 0) is 12.8 Å². The average molecular weight is 178 g/mol. The highest BCUT2D eigenvalue weighted by molar-refractivity contribution is 5.66. The molecule has 0 aliphatic heterocycles. The molecule has 0 radical (unpaired) electrons. The summed E-state index contributed by atoms with van der Waals surface area (Å²) in [5.74, 6) is -0.759. The van der Waals surface area contributed by atoms with Crippen molar-refractivity contribution < 1.29 is 25.1 Å². The first kappa shape index (κ1) is 11.4. The lowest BCUT2D eigenvalue weighted by Gasteiger charge is -1.98. The predicted octanol–water partition coefficient (Wildman–Crippen LogP) is 1.44. The summed E-state index contributed by atoms with van der Waals surface area (Å²) in [5.41, 5.74) is 0. The third kappa shape index (κ3) is 9.35. The summed E-state index contributed by atoms with van der Waals surface area (Å²) in [4.78, 5) is 14.3. The lowest BCUT2D eigenvalue weighted by Crippen LogP contribution is -1.95. The normalized spacial score (nSPS) is 10.1. The maximum atomic E-state index is 10.1. The van der Waals surface area contributed by atoms with Crippen molar-refractivity contribution in [2.24, 2.45) is 0 Å². The van der Waals surface area contributed by atoms with Crippen LogP contribution in [0, 0.1) is 0 Å². The topological polar surface area (TPSA) is 76.0 Å². The molecule has 72 valence electrons. The molecule has 0 spiro atoms. The number of rotatable bonds is 8. The van der Waals surface area contributed by atoms with Crippen LogP contribution in [0.25, 0.3) is 0 Å². The van der Waals surface area contributed by atoms with Crippen LogP contribution in [0.2, 0.25) is 0 Å². The molecule has 0 amide bonds. The first-order valence-corrected chi connectivity index (χ1v) is 3.92. The van der Waals surface area contributed by atoms with Gasteiger partial charge in [0.2, 0.25) is 0 Å².